The lowest BCUT2D eigenvalue weighted by atomic mass is 9.70. The maximum absolute atomic E-state index is 10.3. The molecule has 1 fully saturated rings. The van der Waals surface area contributed by atoms with Crippen LogP contribution in [-0.4, -0.2) is 48.5 Å². The van der Waals surface area contributed by atoms with Crippen LogP contribution >= 0.6 is 0 Å². The molecule has 3 nitrogen and oxygen atoms in total. The highest BCUT2D eigenvalue weighted by molar-refractivity contribution is 4.90. The Labute approximate surface area is 119 Å². The fourth-order valence-electron chi connectivity index (χ4n) is 3.19. The molecule has 19 heavy (non-hydrogen) atoms. The van der Waals surface area contributed by atoms with Crippen molar-refractivity contribution in [3.8, 4) is 0 Å². The fraction of sp³-hybridized carbons (Fsp3) is 1.00. The number of ether oxygens (including phenoxy) is 1. The molecule has 3 unspecified atom stereocenters. The Balaban J connectivity index is 2.60. The summed E-state index contributed by atoms with van der Waals surface area (Å²) in [6.45, 7) is 14.6. The van der Waals surface area contributed by atoms with Crippen LogP contribution in [0.25, 0.3) is 0 Å². The summed E-state index contributed by atoms with van der Waals surface area (Å²) in [6.07, 6.45) is 3.05. The van der Waals surface area contributed by atoms with Crippen molar-refractivity contribution in [2.45, 2.75) is 66.0 Å². The Morgan fingerprint density at radius 2 is 1.89 bits per heavy atom. The predicted molar refractivity (Wildman–Crippen MR) is 80.3 cm³/mol. The van der Waals surface area contributed by atoms with Gasteiger partial charge < -0.3 is 9.84 Å². The van der Waals surface area contributed by atoms with Crippen LogP contribution in [0.2, 0.25) is 0 Å². The molecule has 1 N–H and O–H groups in total. The van der Waals surface area contributed by atoms with Gasteiger partial charge in [-0.25, -0.2) is 0 Å². The standard InChI is InChI=1S/C16H33NO2/c1-6-17(10-11-19-7-2)14-12-13(16(3,4)5)8-9-15(14)18/h13-15,18H,6-12H2,1-5H3. The highest BCUT2D eigenvalue weighted by Gasteiger charge is 2.37. The van der Waals surface area contributed by atoms with Crippen molar-refractivity contribution in [3.05, 3.63) is 0 Å². The molecule has 0 amide bonds. The summed E-state index contributed by atoms with van der Waals surface area (Å²) in [7, 11) is 0. The van der Waals surface area contributed by atoms with Gasteiger partial charge in [0.25, 0.3) is 0 Å². The van der Waals surface area contributed by atoms with Crippen LogP contribution in [0.3, 0.4) is 0 Å². The maximum Gasteiger partial charge on any atom is 0.0695 e. The molecule has 1 aliphatic rings. The molecule has 0 heterocycles. The lowest BCUT2D eigenvalue weighted by Gasteiger charge is -2.44. The highest BCUT2D eigenvalue weighted by Crippen LogP contribution is 2.39. The van der Waals surface area contributed by atoms with E-state index >= 15 is 0 Å². The van der Waals surface area contributed by atoms with Gasteiger partial charge in [-0.3, -0.25) is 4.90 Å². The van der Waals surface area contributed by atoms with E-state index in [4.69, 9.17) is 4.74 Å². The van der Waals surface area contributed by atoms with Gasteiger partial charge in [-0.1, -0.05) is 27.7 Å². The zero-order valence-electron chi connectivity index (χ0n) is 13.5. The van der Waals surface area contributed by atoms with Crippen molar-refractivity contribution in [2.75, 3.05) is 26.3 Å². The Bertz CT molecular complexity index is 250. The smallest absolute Gasteiger partial charge is 0.0695 e. The average Bonchev–Trinajstić information content (AvgIpc) is 2.34. The van der Waals surface area contributed by atoms with E-state index in [2.05, 4.69) is 32.6 Å². The molecule has 0 bridgehead atoms. The summed E-state index contributed by atoms with van der Waals surface area (Å²) in [6, 6.07) is 0.309. The van der Waals surface area contributed by atoms with E-state index in [1.807, 2.05) is 6.92 Å². The molecule has 0 aromatic rings. The van der Waals surface area contributed by atoms with Crippen LogP contribution < -0.4 is 0 Å². The third-order valence-electron chi connectivity index (χ3n) is 4.61. The largest absolute Gasteiger partial charge is 0.391 e. The number of hydrogen-bond acceptors (Lipinski definition) is 3. The monoisotopic (exact) mass is 271 g/mol. The van der Waals surface area contributed by atoms with Gasteiger partial charge in [0.1, 0.15) is 0 Å². The van der Waals surface area contributed by atoms with E-state index in [1.165, 1.54) is 0 Å². The van der Waals surface area contributed by atoms with Crippen molar-refractivity contribution in [1.82, 2.24) is 4.90 Å². The first-order chi connectivity index (χ1) is 8.90. The third kappa shape index (κ3) is 5.05. The molecule has 0 spiro atoms. The molecule has 0 aromatic heterocycles. The lowest BCUT2D eigenvalue weighted by Crippen LogP contribution is -2.50. The minimum atomic E-state index is -0.167. The zero-order valence-corrected chi connectivity index (χ0v) is 13.5. The second-order valence-corrected chi connectivity index (χ2v) is 6.84. The van der Waals surface area contributed by atoms with Crippen LogP contribution in [0.1, 0.15) is 53.9 Å². The molecule has 3 heteroatoms. The molecule has 0 radical (unpaired) electrons. The Morgan fingerprint density at radius 3 is 2.42 bits per heavy atom. The van der Waals surface area contributed by atoms with Crippen LogP contribution in [0.4, 0.5) is 0 Å². The molecular formula is C16H33NO2. The molecular weight excluding hydrogens is 238 g/mol. The number of rotatable bonds is 6. The molecule has 1 rings (SSSR count). The molecule has 1 aliphatic carbocycles. The van der Waals surface area contributed by atoms with Crippen LogP contribution in [-0.2, 0) is 4.74 Å². The van der Waals surface area contributed by atoms with E-state index < -0.39 is 0 Å². The van der Waals surface area contributed by atoms with Crippen molar-refractivity contribution in [3.63, 3.8) is 0 Å². The van der Waals surface area contributed by atoms with Gasteiger partial charge in [0.15, 0.2) is 0 Å². The Morgan fingerprint density at radius 1 is 1.21 bits per heavy atom. The topological polar surface area (TPSA) is 32.7 Å². The summed E-state index contributed by atoms with van der Waals surface area (Å²) in [5.41, 5.74) is 0.345. The zero-order chi connectivity index (χ0) is 14.5. The minimum absolute atomic E-state index is 0.167. The lowest BCUT2D eigenvalue weighted by molar-refractivity contribution is -0.0239. The van der Waals surface area contributed by atoms with Crippen molar-refractivity contribution < 1.29 is 9.84 Å². The van der Waals surface area contributed by atoms with Crippen molar-refractivity contribution >= 4 is 0 Å². The SMILES string of the molecule is CCOCCN(CC)C1CC(C(C)(C)C)CCC1O. The van der Waals surface area contributed by atoms with Crippen molar-refractivity contribution in [1.29, 1.82) is 0 Å². The molecule has 0 saturated heterocycles. The summed E-state index contributed by atoms with van der Waals surface area (Å²) in [4.78, 5) is 2.40. The van der Waals surface area contributed by atoms with E-state index in [9.17, 15) is 5.11 Å². The summed E-state index contributed by atoms with van der Waals surface area (Å²) < 4.78 is 5.46. The third-order valence-corrected chi connectivity index (χ3v) is 4.61. The second kappa shape index (κ2) is 7.61. The van der Waals surface area contributed by atoms with Gasteiger partial charge in [-0.15, -0.1) is 0 Å². The van der Waals surface area contributed by atoms with Gasteiger partial charge in [0, 0.05) is 19.2 Å². The number of aliphatic hydroxyl groups is 1. The fourth-order valence-corrected chi connectivity index (χ4v) is 3.19. The van der Waals surface area contributed by atoms with Crippen molar-refractivity contribution in [2.24, 2.45) is 11.3 Å². The van der Waals surface area contributed by atoms with Gasteiger partial charge in [-0.05, 0) is 44.1 Å². The number of likely N-dealkylation sites (N-methyl/N-ethyl adjacent to an activating group) is 1. The average molecular weight is 271 g/mol. The maximum atomic E-state index is 10.3. The van der Waals surface area contributed by atoms with Gasteiger partial charge in [0.05, 0.1) is 12.7 Å². The van der Waals surface area contributed by atoms with Gasteiger partial charge in [-0.2, -0.15) is 0 Å². The van der Waals surface area contributed by atoms with Crippen LogP contribution in [0.5, 0.6) is 0 Å². The Hall–Kier alpha value is -0.120. The van der Waals surface area contributed by atoms with Gasteiger partial charge in [0.2, 0.25) is 0 Å². The summed E-state index contributed by atoms with van der Waals surface area (Å²) in [5.74, 6) is 0.710. The van der Waals surface area contributed by atoms with Crippen LogP contribution in [0.15, 0.2) is 0 Å². The van der Waals surface area contributed by atoms with E-state index in [1.54, 1.807) is 0 Å². The summed E-state index contributed by atoms with van der Waals surface area (Å²) >= 11 is 0. The molecule has 3 atom stereocenters. The minimum Gasteiger partial charge on any atom is -0.391 e. The molecule has 1 saturated carbocycles. The first-order valence-corrected chi connectivity index (χ1v) is 7.90. The van der Waals surface area contributed by atoms with E-state index in [-0.39, 0.29) is 6.10 Å². The normalized spacial score (nSPS) is 28.9. The van der Waals surface area contributed by atoms with Crippen LogP contribution in [0, 0.1) is 11.3 Å². The van der Waals surface area contributed by atoms with E-state index in [0.29, 0.717) is 17.4 Å². The Kier molecular flexibility index (Phi) is 6.78. The van der Waals surface area contributed by atoms with E-state index in [0.717, 1.165) is 45.6 Å². The predicted octanol–water partition coefficient (Wildman–Crippen LogP) is 2.92. The number of nitrogens with zero attached hydrogens (tertiary/aromatic N) is 1. The van der Waals surface area contributed by atoms with Gasteiger partial charge >= 0.3 is 0 Å². The number of hydrogen-bond donors (Lipinski definition) is 1. The molecule has 0 aromatic carbocycles. The first kappa shape index (κ1) is 16.9. The summed E-state index contributed by atoms with van der Waals surface area (Å²) in [5, 5.41) is 10.3. The molecule has 114 valence electrons. The second-order valence-electron chi connectivity index (χ2n) is 6.84. The quantitative estimate of drug-likeness (QED) is 0.754. The number of aliphatic hydroxyl groups excluding tert-OH is 1. The first-order valence-electron chi connectivity index (χ1n) is 7.90. The molecule has 0 aliphatic heterocycles. The highest BCUT2D eigenvalue weighted by atomic mass is 16.5.